The van der Waals surface area contributed by atoms with Crippen LogP contribution < -0.4 is 34.7 Å². The summed E-state index contributed by atoms with van der Waals surface area (Å²) in [5.74, 6) is -2.64. The molecule has 0 aromatic carbocycles. The number of nitrogens with zero attached hydrogens (tertiary/aromatic N) is 1. The van der Waals surface area contributed by atoms with E-state index in [1.54, 1.807) is 0 Å². The van der Waals surface area contributed by atoms with Crippen molar-refractivity contribution in [3.05, 3.63) is 0 Å². The van der Waals surface area contributed by atoms with E-state index in [1.807, 2.05) is 32.6 Å². The minimum Gasteiger partial charge on any atom is -0.547 e. The Kier molecular flexibility index (Phi) is 13.2. The second kappa shape index (κ2) is 12.2. The van der Waals surface area contributed by atoms with Gasteiger partial charge in [-0.15, -0.1) is 0 Å². The molecule has 0 fully saturated rings. The van der Waals surface area contributed by atoms with Crippen LogP contribution in [0.15, 0.2) is 0 Å². The molecule has 0 aromatic heterocycles. The summed E-state index contributed by atoms with van der Waals surface area (Å²) in [6.07, 6.45) is -8.30. The summed E-state index contributed by atoms with van der Waals surface area (Å²) in [6.45, 7) is 6.95. The van der Waals surface area contributed by atoms with E-state index in [-0.39, 0.29) is 48.2 Å². The first-order chi connectivity index (χ1) is 10.5. The third kappa shape index (κ3) is 8.72. The van der Waals surface area contributed by atoms with Gasteiger partial charge in [-0.25, -0.2) is 0 Å². The Balaban J connectivity index is 0. The van der Waals surface area contributed by atoms with Crippen LogP contribution in [0.2, 0.25) is 0 Å². The van der Waals surface area contributed by atoms with Gasteiger partial charge in [-0.05, 0) is 27.7 Å². The van der Waals surface area contributed by atoms with Crippen LogP contribution in [0.25, 0.3) is 0 Å². The van der Waals surface area contributed by atoms with Crippen molar-refractivity contribution in [2.75, 3.05) is 13.2 Å². The summed E-state index contributed by atoms with van der Waals surface area (Å²) in [7, 11) is 0. The quantitative estimate of drug-likeness (QED) is 0.221. The van der Waals surface area contributed by atoms with Gasteiger partial charge in [-0.3, -0.25) is 9.69 Å². The minimum absolute atomic E-state index is 0. The SMILES string of the molecule is CC(C)N(CC(=O)OC[C@@H](O)[C@@H](O)[C@H](O)[C@@H](O)C(=O)[O-])C(C)C.[Na+]. The Hall–Kier alpha value is -0.260. The number of hydrogen-bond acceptors (Lipinski definition) is 9. The van der Waals surface area contributed by atoms with Crippen molar-refractivity contribution in [1.82, 2.24) is 4.90 Å². The molecular formula is C14H26NNaO8. The van der Waals surface area contributed by atoms with E-state index in [0.29, 0.717) is 0 Å². The van der Waals surface area contributed by atoms with Gasteiger partial charge in [0.05, 0.1) is 12.5 Å². The molecule has 0 spiro atoms. The smallest absolute Gasteiger partial charge is 0.547 e. The van der Waals surface area contributed by atoms with Gasteiger partial charge in [-0.2, -0.15) is 0 Å². The Labute approximate surface area is 163 Å². The molecule has 0 saturated carbocycles. The van der Waals surface area contributed by atoms with Crippen molar-refractivity contribution in [3.8, 4) is 0 Å². The third-order valence-electron chi connectivity index (χ3n) is 3.36. The number of hydrogen-bond donors (Lipinski definition) is 4. The number of aliphatic hydroxyl groups is 4. The number of aliphatic hydroxyl groups excluding tert-OH is 4. The van der Waals surface area contributed by atoms with Crippen LogP contribution in [0.4, 0.5) is 0 Å². The first-order valence-corrected chi connectivity index (χ1v) is 7.33. The van der Waals surface area contributed by atoms with Crippen LogP contribution in [0.5, 0.6) is 0 Å². The Bertz CT molecular complexity index is 385. The molecule has 0 aliphatic rings. The van der Waals surface area contributed by atoms with Crippen LogP contribution in [-0.2, 0) is 14.3 Å². The van der Waals surface area contributed by atoms with Gasteiger partial charge in [0.2, 0.25) is 0 Å². The van der Waals surface area contributed by atoms with Crippen molar-refractivity contribution in [2.24, 2.45) is 0 Å². The number of carboxylic acids is 1. The summed E-state index contributed by atoms with van der Waals surface area (Å²) in [6, 6.07) is 0.191. The maximum atomic E-state index is 11.7. The fraction of sp³-hybridized carbons (Fsp3) is 0.857. The van der Waals surface area contributed by atoms with Crippen LogP contribution in [0, 0.1) is 0 Å². The second-order valence-electron chi connectivity index (χ2n) is 5.86. The Morgan fingerprint density at radius 1 is 1.00 bits per heavy atom. The molecule has 4 atom stereocenters. The average molecular weight is 359 g/mol. The maximum absolute atomic E-state index is 11.7. The standard InChI is InChI=1S/C14H27NO8.Na/c1-7(2)15(8(3)4)5-10(17)23-6-9(16)11(18)12(19)13(20)14(21)22;/h7-9,11-13,16,18-20H,5-6H2,1-4H3,(H,21,22);/q;+1/p-1/t9-,11-,12+,13-;/m1./s1. The van der Waals surface area contributed by atoms with Gasteiger partial charge < -0.3 is 35.1 Å². The van der Waals surface area contributed by atoms with E-state index >= 15 is 0 Å². The summed E-state index contributed by atoms with van der Waals surface area (Å²) in [4.78, 5) is 24.0. The molecule has 0 unspecified atom stereocenters. The van der Waals surface area contributed by atoms with Gasteiger partial charge >= 0.3 is 35.5 Å². The second-order valence-corrected chi connectivity index (χ2v) is 5.86. The topological polar surface area (TPSA) is 151 Å². The number of carbonyl (C=O) groups is 2. The van der Waals surface area contributed by atoms with E-state index < -0.39 is 43.0 Å². The fourth-order valence-electron chi connectivity index (χ4n) is 1.99. The van der Waals surface area contributed by atoms with Gasteiger partial charge in [0.15, 0.2) is 0 Å². The number of rotatable bonds is 10. The van der Waals surface area contributed by atoms with E-state index in [2.05, 4.69) is 0 Å². The molecule has 0 heterocycles. The number of esters is 1. The molecule has 0 aromatic rings. The van der Waals surface area contributed by atoms with Crippen LogP contribution in [-0.4, -0.2) is 86.9 Å². The van der Waals surface area contributed by atoms with E-state index in [1.165, 1.54) is 0 Å². The summed E-state index contributed by atoms with van der Waals surface area (Å²) in [5.41, 5.74) is 0. The summed E-state index contributed by atoms with van der Waals surface area (Å²) in [5, 5.41) is 47.9. The predicted octanol–water partition coefficient (Wildman–Crippen LogP) is -6.15. The zero-order valence-electron chi connectivity index (χ0n) is 14.7. The largest absolute Gasteiger partial charge is 1.00 e. The predicted molar refractivity (Wildman–Crippen MR) is 77.0 cm³/mol. The van der Waals surface area contributed by atoms with Gasteiger partial charge in [0, 0.05) is 12.1 Å². The molecule has 4 N–H and O–H groups in total. The fourth-order valence-corrected chi connectivity index (χ4v) is 1.99. The zero-order valence-corrected chi connectivity index (χ0v) is 16.7. The maximum Gasteiger partial charge on any atom is 1.00 e. The van der Waals surface area contributed by atoms with Crippen molar-refractivity contribution in [3.63, 3.8) is 0 Å². The number of carbonyl (C=O) groups excluding carboxylic acids is 2. The first-order valence-electron chi connectivity index (χ1n) is 7.33. The summed E-state index contributed by atoms with van der Waals surface area (Å²) >= 11 is 0. The van der Waals surface area contributed by atoms with Crippen molar-refractivity contribution in [2.45, 2.75) is 64.2 Å². The van der Waals surface area contributed by atoms with Crippen LogP contribution in [0.1, 0.15) is 27.7 Å². The Morgan fingerprint density at radius 3 is 1.83 bits per heavy atom. The molecule has 10 heteroatoms. The molecule has 9 nitrogen and oxygen atoms in total. The van der Waals surface area contributed by atoms with Gasteiger partial charge in [-0.1, -0.05) is 0 Å². The number of ether oxygens (including phenoxy) is 1. The van der Waals surface area contributed by atoms with Gasteiger partial charge in [0.25, 0.3) is 0 Å². The molecule has 136 valence electrons. The number of carboxylic acid groups (broad SMARTS) is 1. The molecule has 0 aliphatic heterocycles. The normalized spacial score (nSPS) is 16.5. The third-order valence-corrected chi connectivity index (χ3v) is 3.36. The van der Waals surface area contributed by atoms with Crippen LogP contribution >= 0.6 is 0 Å². The van der Waals surface area contributed by atoms with Crippen molar-refractivity contribution < 1.29 is 69.4 Å². The summed E-state index contributed by atoms with van der Waals surface area (Å²) < 4.78 is 4.80. The minimum atomic E-state index is -2.37. The van der Waals surface area contributed by atoms with E-state index in [9.17, 15) is 30.0 Å². The van der Waals surface area contributed by atoms with Crippen molar-refractivity contribution in [1.29, 1.82) is 0 Å². The monoisotopic (exact) mass is 359 g/mol. The molecule has 0 saturated heterocycles. The molecule has 0 rings (SSSR count). The number of aliphatic carboxylic acids is 1. The van der Waals surface area contributed by atoms with Gasteiger partial charge in [0.1, 0.15) is 31.0 Å². The Morgan fingerprint density at radius 2 is 1.46 bits per heavy atom. The zero-order chi connectivity index (χ0) is 18.3. The molecule has 0 radical (unpaired) electrons. The molecule has 24 heavy (non-hydrogen) atoms. The molecule has 0 amide bonds. The van der Waals surface area contributed by atoms with Crippen molar-refractivity contribution >= 4 is 11.9 Å². The van der Waals surface area contributed by atoms with E-state index in [4.69, 9.17) is 9.84 Å². The molecule has 0 bridgehead atoms. The molecule has 0 aliphatic carbocycles. The first kappa shape index (κ1) is 26.0. The average Bonchev–Trinajstić information content (AvgIpc) is 2.46. The van der Waals surface area contributed by atoms with E-state index in [0.717, 1.165) is 0 Å². The molecular weight excluding hydrogens is 333 g/mol. The van der Waals surface area contributed by atoms with Crippen LogP contribution in [0.3, 0.4) is 0 Å².